The molecule has 0 saturated carbocycles. The summed E-state index contributed by atoms with van der Waals surface area (Å²) in [7, 11) is -3.18. The smallest absolute Gasteiger partial charge is 0.234 e. The van der Waals surface area contributed by atoms with Crippen LogP contribution in [0.3, 0.4) is 0 Å². The summed E-state index contributed by atoms with van der Waals surface area (Å²) in [5.41, 5.74) is 1.78. The number of sulfonamides is 1. The molecule has 0 aliphatic carbocycles. The van der Waals surface area contributed by atoms with Gasteiger partial charge in [0, 0.05) is 5.39 Å². The van der Waals surface area contributed by atoms with Crippen molar-refractivity contribution < 1.29 is 8.42 Å². The van der Waals surface area contributed by atoms with Gasteiger partial charge in [0.25, 0.3) is 0 Å². The van der Waals surface area contributed by atoms with Crippen LogP contribution in [-0.2, 0) is 16.4 Å². The first-order valence-electron chi connectivity index (χ1n) is 5.03. The van der Waals surface area contributed by atoms with Gasteiger partial charge in [0.2, 0.25) is 10.0 Å². The van der Waals surface area contributed by atoms with Crippen LogP contribution in [0.2, 0.25) is 0 Å². The van der Waals surface area contributed by atoms with Gasteiger partial charge in [0.05, 0.1) is 11.3 Å². The Balaban J connectivity index is 2.25. The molecule has 1 aromatic heterocycles. The summed E-state index contributed by atoms with van der Waals surface area (Å²) < 4.78 is 25.3. The first-order chi connectivity index (χ1) is 7.64. The van der Waals surface area contributed by atoms with Crippen molar-refractivity contribution in [3.8, 4) is 0 Å². The van der Waals surface area contributed by atoms with Gasteiger partial charge in [-0.05, 0) is 24.1 Å². The Hall–Kier alpha value is -1.62. The fourth-order valence-electron chi connectivity index (χ4n) is 1.88. The Morgan fingerprint density at radius 1 is 1.25 bits per heavy atom. The van der Waals surface area contributed by atoms with Crippen molar-refractivity contribution in [2.24, 2.45) is 0 Å². The maximum absolute atomic E-state index is 11.4. The van der Waals surface area contributed by atoms with Crippen molar-refractivity contribution in [2.45, 2.75) is 6.42 Å². The number of rotatable bonds is 0. The summed E-state index contributed by atoms with van der Waals surface area (Å²) in [6.45, 7) is 0. The molecule has 2 heterocycles. The Morgan fingerprint density at radius 3 is 2.94 bits per heavy atom. The highest BCUT2D eigenvalue weighted by atomic mass is 32.2. The van der Waals surface area contributed by atoms with Crippen molar-refractivity contribution in [2.75, 3.05) is 10.5 Å². The zero-order chi connectivity index (χ0) is 11.2. The van der Waals surface area contributed by atoms with Gasteiger partial charge in [0.1, 0.15) is 5.82 Å². The van der Waals surface area contributed by atoms with Crippen LogP contribution in [0.15, 0.2) is 30.3 Å². The second-order valence-corrected chi connectivity index (χ2v) is 5.70. The number of pyridine rings is 1. The summed E-state index contributed by atoms with van der Waals surface area (Å²) in [5.74, 6) is 0.616. The third kappa shape index (κ3) is 1.53. The van der Waals surface area contributed by atoms with Crippen molar-refractivity contribution in [3.05, 3.63) is 35.9 Å². The van der Waals surface area contributed by atoms with Crippen LogP contribution in [0.4, 0.5) is 5.82 Å². The lowest BCUT2D eigenvalue weighted by atomic mass is 10.1. The van der Waals surface area contributed by atoms with Gasteiger partial charge in [-0.25, -0.2) is 13.4 Å². The molecule has 0 amide bonds. The normalized spacial score (nSPS) is 17.8. The van der Waals surface area contributed by atoms with E-state index in [1.165, 1.54) is 0 Å². The summed E-state index contributed by atoms with van der Waals surface area (Å²) in [4.78, 5) is 4.32. The molecular weight excluding hydrogens is 224 g/mol. The Morgan fingerprint density at radius 2 is 2.06 bits per heavy atom. The molecule has 2 aromatic rings. The van der Waals surface area contributed by atoms with Gasteiger partial charge in [-0.1, -0.05) is 18.2 Å². The van der Waals surface area contributed by atoms with Crippen LogP contribution < -0.4 is 4.72 Å². The fourth-order valence-corrected chi connectivity index (χ4v) is 2.94. The molecule has 0 spiro atoms. The minimum atomic E-state index is -3.18. The molecule has 82 valence electrons. The highest BCUT2D eigenvalue weighted by molar-refractivity contribution is 7.92. The molecule has 3 rings (SSSR count). The van der Waals surface area contributed by atoms with Crippen molar-refractivity contribution in [3.63, 3.8) is 0 Å². The van der Waals surface area contributed by atoms with E-state index in [4.69, 9.17) is 0 Å². The average molecular weight is 234 g/mol. The summed E-state index contributed by atoms with van der Waals surface area (Å²) in [5, 5.41) is 1.04. The Labute approximate surface area is 93.4 Å². The summed E-state index contributed by atoms with van der Waals surface area (Å²) in [6, 6.07) is 9.69. The average Bonchev–Trinajstić information content (AvgIpc) is 2.25. The number of nitrogens with zero attached hydrogens (tertiary/aromatic N) is 1. The van der Waals surface area contributed by atoms with Gasteiger partial charge in [0.15, 0.2) is 0 Å². The summed E-state index contributed by atoms with van der Waals surface area (Å²) >= 11 is 0. The Bertz CT molecular complexity index is 665. The van der Waals surface area contributed by atoms with Gasteiger partial charge < -0.3 is 0 Å². The first-order valence-corrected chi connectivity index (χ1v) is 6.68. The predicted octanol–water partition coefficient (Wildman–Crippen LogP) is 1.53. The van der Waals surface area contributed by atoms with E-state index >= 15 is 0 Å². The van der Waals surface area contributed by atoms with Gasteiger partial charge in [-0.3, -0.25) is 4.72 Å². The molecule has 5 heteroatoms. The number of hydrogen-bond donors (Lipinski definition) is 1. The van der Waals surface area contributed by atoms with Crippen LogP contribution in [0, 0.1) is 0 Å². The van der Waals surface area contributed by atoms with E-state index in [0.29, 0.717) is 12.2 Å². The zero-order valence-corrected chi connectivity index (χ0v) is 9.29. The van der Waals surface area contributed by atoms with Gasteiger partial charge in [-0.2, -0.15) is 0 Å². The fraction of sp³-hybridized carbons (Fsp3) is 0.182. The molecule has 1 aromatic carbocycles. The monoisotopic (exact) mass is 234 g/mol. The minimum Gasteiger partial charge on any atom is -0.267 e. The molecule has 1 aliphatic rings. The molecule has 16 heavy (non-hydrogen) atoms. The third-order valence-corrected chi connectivity index (χ3v) is 3.94. The third-order valence-electron chi connectivity index (χ3n) is 2.70. The number of para-hydroxylation sites is 1. The van der Waals surface area contributed by atoms with Crippen molar-refractivity contribution >= 4 is 26.7 Å². The number of hydrogen-bond acceptors (Lipinski definition) is 3. The predicted molar refractivity (Wildman–Crippen MR) is 62.9 cm³/mol. The number of nitrogens with one attached hydrogen (secondary N) is 1. The zero-order valence-electron chi connectivity index (χ0n) is 8.47. The van der Waals surface area contributed by atoms with E-state index in [2.05, 4.69) is 9.71 Å². The number of anilines is 1. The minimum absolute atomic E-state index is 0.139. The molecule has 1 aliphatic heterocycles. The van der Waals surface area contributed by atoms with E-state index in [0.717, 1.165) is 16.5 Å². The number of aromatic nitrogens is 1. The SMILES string of the molecule is O=S1(=O)CCc2cc3ccccc3nc2N1. The lowest BCUT2D eigenvalue weighted by molar-refractivity contribution is 0.598. The van der Waals surface area contributed by atoms with Crippen LogP contribution in [0.25, 0.3) is 10.9 Å². The van der Waals surface area contributed by atoms with Gasteiger partial charge in [-0.15, -0.1) is 0 Å². The maximum Gasteiger partial charge on any atom is 0.234 e. The summed E-state index contributed by atoms with van der Waals surface area (Å²) in [6.07, 6.45) is 0.530. The molecule has 0 unspecified atom stereocenters. The van der Waals surface area contributed by atoms with Gasteiger partial charge >= 0.3 is 0 Å². The molecule has 0 atom stereocenters. The topological polar surface area (TPSA) is 59.1 Å². The molecule has 0 bridgehead atoms. The van der Waals surface area contributed by atoms with Crippen molar-refractivity contribution in [1.82, 2.24) is 4.98 Å². The molecule has 1 N–H and O–H groups in total. The van der Waals surface area contributed by atoms with E-state index in [-0.39, 0.29) is 5.75 Å². The van der Waals surface area contributed by atoms with E-state index < -0.39 is 10.0 Å². The van der Waals surface area contributed by atoms with E-state index in [1.54, 1.807) is 0 Å². The maximum atomic E-state index is 11.4. The second-order valence-electron chi connectivity index (χ2n) is 3.86. The molecule has 4 nitrogen and oxygen atoms in total. The highest BCUT2D eigenvalue weighted by Crippen LogP contribution is 2.25. The number of aryl methyl sites for hydroxylation is 1. The molecule has 0 fully saturated rings. The Kier molecular flexibility index (Phi) is 1.91. The lowest BCUT2D eigenvalue weighted by Gasteiger charge is -2.17. The molecular formula is C11H10N2O2S. The second kappa shape index (κ2) is 3.18. The molecule has 0 radical (unpaired) electrons. The number of benzene rings is 1. The van der Waals surface area contributed by atoms with Crippen LogP contribution in [-0.4, -0.2) is 19.2 Å². The van der Waals surface area contributed by atoms with E-state index in [1.807, 2.05) is 30.3 Å². The van der Waals surface area contributed by atoms with E-state index in [9.17, 15) is 8.42 Å². The standard InChI is InChI=1S/C11H10N2O2S/c14-16(15)6-5-9-7-8-3-1-2-4-10(8)12-11(9)13-16/h1-4,7H,5-6H2,(H,12,13). The van der Waals surface area contributed by atoms with Crippen LogP contribution >= 0.6 is 0 Å². The number of fused-ring (bicyclic) bond motifs is 2. The van der Waals surface area contributed by atoms with Crippen molar-refractivity contribution in [1.29, 1.82) is 0 Å². The quantitative estimate of drug-likeness (QED) is 0.752. The molecule has 0 saturated heterocycles. The first kappa shape index (κ1) is 9.59. The van der Waals surface area contributed by atoms with Crippen LogP contribution in [0.1, 0.15) is 5.56 Å². The lowest BCUT2D eigenvalue weighted by Crippen LogP contribution is -2.24. The highest BCUT2D eigenvalue weighted by Gasteiger charge is 2.21. The largest absolute Gasteiger partial charge is 0.267 e. The van der Waals surface area contributed by atoms with Crippen LogP contribution in [0.5, 0.6) is 0 Å².